The third-order valence-corrected chi connectivity index (χ3v) is 2.49. The van der Waals surface area contributed by atoms with Crippen LogP contribution in [0.4, 0.5) is 5.95 Å². The highest BCUT2D eigenvalue weighted by Crippen LogP contribution is 2.19. The first-order valence-electron chi connectivity index (χ1n) is 5.41. The molecule has 0 fully saturated rings. The van der Waals surface area contributed by atoms with E-state index in [1.165, 1.54) is 0 Å². The number of rotatable bonds is 4. The topological polar surface area (TPSA) is 38.2 Å². The first kappa shape index (κ1) is 11.4. The van der Waals surface area contributed by atoms with Crippen molar-refractivity contribution < 1.29 is 4.74 Å². The monoisotopic (exact) mass is 229 g/mol. The lowest BCUT2D eigenvalue weighted by atomic mass is 10.2. The van der Waals surface area contributed by atoms with Gasteiger partial charge in [-0.25, -0.2) is 9.97 Å². The van der Waals surface area contributed by atoms with E-state index in [4.69, 9.17) is 4.74 Å². The van der Waals surface area contributed by atoms with Crippen LogP contribution in [0.15, 0.2) is 42.7 Å². The molecule has 0 spiro atoms. The number of benzene rings is 1. The highest BCUT2D eigenvalue weighted by atomic mass is 16.5. The summed E-state index contributed by atoms with van der Waals surface area (Å²) in [6.45, 7) is 0.716. The molecular weight excluding hydrogens is 214 g/mol. The van der Waals surface area contributed by atoms with Crippen LogP contribution in [0.2, 0.25) is 0 Å². The van der Waals surface area contributed by atoms with Crippen molar-refractivity contribution in [3.63, 3.8) is 0 Å². The van der Waals surface area contributed by atoms with Crippen molar-refractivity contribution in [1.29, 1.82) is 0 Å². The van der Waals surface area contributed by atoms with Crippen LogP contribution in [-0.4, -0.2) is 24.1 Å². The summed E-state index contributed by atoms with van der Waals surface area (Å²) in [6.07, 6.45) is 3.47. The van der Waals surface area contributed by atoms with Gasteiger partial charge in [-0.15, -0.1) is 0 Å². The Bertz CT molecular complexity index is 473. The van der Waals surface area contributed by atoms with Gasteiger partial charge in [-0.1, -0.05) is 18.2 Å². The van der Waals surface area contributed by atoms with E-state index in [9.17, 15) is 0 Å². The zero-order valence-electron chi connectivity index (χ0n) is 10.00. The molecule has 0 atom stereocenters. The standard InChI is InChI=1S/C13H15N3O/c1-16(13-14-8-5-9-15-13)10-11-6-3-4-7-12(11)17-2/h3-9H,10H2,1-2H3. The molecule has 17 heavy (non-hydrogen) atoms. The minimum atomic E-state index is 0.707. The van der Waals surface area contributed by atoms with Crippen molar-refractivity contribution in [3.8, 4) is 5.75 Å². The van der Waals surface area contributed by atoms with Crippen LogP contribution >= 0.6 is 0 Å². The summed E-state index contributed by atoms with van der Waals surface area (Å²) in [5.74, 6) is 1.59. The Hall–Kier alpha value is -2.10. The normalized spacial score (nSPS) is 10.0. The summed E-state index contributed by atoms with van der Waals surface area (Å²) >= 11 is 0. The number of nitrogens with zero attached hydrogens (tertiary/aromatic N) is 3. The van der Waals surface area contributed by atoms with Crippen LogP contribution < -0.4 is 9.64 Å². The van der Waals surface area contributed by atoms with E-state index in [2.05, 4.69) is 9.97 Å². The van der Waals surface area contributed by atoms with Gasteiger partial charge in [0.1, 0.15) is 5.75 Å². The lowest BCUT2D eigenvalue weighted by Crippen LogP contribution is -2.19. The van der Waals surface area contributed by atoms with E-state index in [0.717, 1.165) is 11.3 Å². The second-order valence-corrected chi connectivity index (χ2v) is 3.72. The van der Waals surface area contributed by atoms with E-state index in [1.807, 2.05) is 36.2 Å². The number of ether oxygens (including phenoxy) is 1. The fraction of sp³-hybridized carbons (Fsp3) is 0.231. The Kier molecular flexibility index (Phi) is 3.55. The molecule has 1 aromatic heterocycles. The Balaban J connectivity index is 2.16. The maximum absolute atomic E-state index is 5.31. The van der Waals surface area contributed by atoms with Crippen LogP contribution in [0, 0.1) is 0 Å². The predicted molar refractivity (Wildman–Crippen MR) is 67.1 cm³/mol. The molecule has 4 heteroatoms. The quantitative estimate of drug-likeness (QED) is 0.805. The lowest BCUT2D eigenvalue weighted by molar-refractivity contribution is 0.409. The fourth-order valence-electron chi connectivity index (χ4n) is 1.65. The van der Waals surface area contributed by atoms with E-state index >= 15 is 0 Å². The van der Waals surface area contributed by atoms with Crippen molar-refractivity contribution in [1.82, 2.24) is 9.97 Å². The minimum Gasteiger partial charge on any atom is -0.496 e. The molecule has 0 bridgehead atoms. The maximum Gasteiger partial charge on any atom is 0.225 e. The number of aromatic nitrogens is 2. The van der Waals surface area contributed by atoms with Gasteiger partial charge < -0.3 is 9.64 Å². The molecule has 0 aliphatic heterocycles. The smallest absolute Gasteiger partial charge is 0.225 e. The highest BCUT2D eigenvalue weighted by molar-refractivity contribution is 5.37. The van der Waals surface area contributed by atoms with Gasteiger partial charge in [-0.3, -0.25) is 0 Å². The van der Waals surface area contributed by atoms with Gasteiger partial charge in [-0.05, 0) is 12.1 Å². The molecule has 1 aromatic carbocycles. The molecule has 0 N–H and O–H groups in total. The molecule has 0 unspecified atom stereocenters. The Morgan fingerprint density at radius 3 is 2.53 bits per heavy atom. The minimum absolute atomic E-state index is 0.707. The van der Waals surface area contributed by atoms with Gasteiger partial charge in [0, 0.05) is 31.5 Å². The Labute approximate surface area is 101 Å². The average Bonchev–Trinajstić information content (AvgIpc) is 2.40. The molecule has 88 valence electrons. The first-order valence-corrected chi connectivity index (χ1v) is 5.41. The van der Waals surface area contributed by atoms with Crippen LogP contribution in [0.25, 0.3) is 0 Å². The molecule has 0 amide bonds. The number of anilines is 1. The number of methoxy groups -OCH3 is 1. The van der Waals surface area contributed by atoms with Crippen molar-refractivity contribution in [3.05, 3.63) is 48.3 Å². The van der Waals surface area contributed by atoms with E-state index < -0.39 is 0 Å². The third kappa shape index (κ3) is 2.72. The fourth-order valence-corrected chi connectivity index (χ4v) is 1.65. The molecule has 1 heterocycles. The molecule has 0 aliphatic rings. The lowest BCUT2D eigenvalue weighted by Gasteiger charge is -2.18. The van der Waals surface area contributed by atoms with Crippen LogP contribution in [0.5, 0.6) is 5.75 Å². The van der Waals surface area contributed by atoms with Gasteiger partial charge in [0.25, 0.3) is 0 Å². The van der Waals surface area contributed by atoms with Crippen LogP contribution in [0.3, 0.4) is 0 Å². The van der Waals surface area contributed by atoms with Gasteiger partial charge >= 0.3 is 0 Å². The van der Waals surface area contributed by atoms with E-state index in [0.29, 0.717) is 12.5 Å². The van der Waals surface area contributed by atoms with Crippen molar-refractivity contribution in [2.24, 2.45) is 0 Å². The predicted octanol–water partition coefficient (Wildman–Crippen LogP) is 2.12. The molecule has 0 radical (unpaired) electrons. The largest absolute Gasteiger partial charge is 0.496 e. The van der Waals surface area contributed by atoms with Crippen LogP contribution in [0.1, 0.15) is 5.56 Å². The molecule has 0 saturated carbocycles. The second kappa shape index (κ2) is 5.30. The average molecular weight is 229 g/mol. The summed E-state index contributed by atoms with van der Waals surface area (Å²) in [5, 5.41) is 0. The summed E-state index contributed by atoms with van der Waals surface area (Å²) in [6, 6.07) is 9.76. The third-order valence-electron chi connectivity index (χ3n) is 2.49. The van der Waals surface area contributed by atoms with Crippen molar-refractivity contribution >= 4 is 5.95 Å². The molecule has 2 rings (SSSR count). The van der Waals surface area contributed by atoms with Crippen molar-refractivity contribution in [2.75, 3.05) is 19.1 Å². The number of hydrogen-bond donors (Lipinski definition) is 0. The van der Waals surface area contributed by atoms with Crippen LogP contribution in [-0.2, 0) is 6.54 Å². The second-order valence-electron chi connectivity index (χ2n) is 3.72. The number of hydrogen-bond acceptors (Lipinski definition) is 4. The first-order chi connectivity index (χ1) is 8.31. The van der Waals surface area contributed by atoms with Gasteiger partial charge in [0.05, 0.1) is 7.11 Å². The molecule has 2 aromatic rings. The molecular formula is C13H15N3O. The zero-order valence-corrected chi connectivity index (χ0v) is 10.00. The van der Waals surface area contributed by atoms with E-state index in [1.54, 1.807) is 25.6 Å². The molecule has 0 aliphatic carbocycles. The summed E-state index contributed by atoms with van der Waals surface area (Å²) in [7, 11) is 3.64. The van der Waals surface area contributed by atoms with Crippen molar-refractivity contribution in [2.45, 2.75) is 6.54 Å². The number of para-hydroxylation sites is 1. The summed E-state index contributed by atoms with van der Waals surface area (Å²) in [4.78, 5) is 10.4. The Morgan fingerprint density at radius 2 is 1.82 bits per heavy atom. The Morgan fingerprint density at radius 1 is 1.12 bits per heavy atom. The summed E-state index contributed by atoms with van der Waals surface area (Å²) in [5.41, 5.74) is 1.12. The van der Waals surface area contributed by atoms with E-state index in [-0.39, 0.29) is 0 Å². The maximum atomic E-state index is 5.31. The molecule has 4 nitrogen and oxygen atoms in total. The van der Waals surface area contributed by atoms with Gasteiger partial charge in [0.15, 0.2) is 0 Å². The van der Waals surface area contributed by atoms with Gasteiger partial charge in [-0.2, -0.15) is 0 Å². The molecule has 0 saturated heterocycles. The zero-order chi connectivity index (χ0) is 12.1. The summed E-state index contributed by atoms with van der Waals surface area (Å²) < 4.78 is 5.31. The van der Waals surface area contributed by atoms with Gasteiger partial charge in [0.2, 0.25) is 5.95 Å². The SMILES string of the molecule is COc1ccccc1CN(C)c1ncccn1. The highest BCUT2D eigenvalue weighted by Gasteiger charge is 2.07.